The minimum Gasteiger partial charge on any atom is -0.439 e. The summed E-state index contributed by atoms with van der Waals surface area (Å²) >= 11 is 0. The van der Waals surface area contributed by atoms with Crippen molar-refractivity contribution in [2.24, 2.45) is 0 Å². The van der Waals surface area contributed by atoms with Crippen molar-refractivity contribution in [1.29, 1.82) is 0 Å². The Bertz CT molecular complexity index is 555. The first kappa shape index (κ1) is 12.7. The van der Waals surface area contributed by atoms with Crippen LogP contribution in [-0.4, -0.2) is 29.5 Å². The van der Waals surface area contributed by atoms with Crippen molar-refractivity contribution in [3.63, 3.8) is 0 Å². The van der Waals surface area contributed by atoms with Crippen LogP contribution in [0.5, 0.6) is 0 Å². The maximum Gasteiger partial charge on any atom is 0.411 e. The average molecular weight is 272 g/mol. The number of amides is 2. The Hall–Kier alpha value is -2.30. The van der Waals surface area contributed by atoms with Gasteiger partial charge in [0.1, 0.15) is 12.1 Å². The molecule has 0 spiro atoms. The lowest BCUT2D eigenvalue weighted by Crippen LogP contribution is -2.49. The first-order valence-electron chi connectivity index (χ1n) is 6.66. The molecule has 2 amide bonds. The zero-order valence-corrected chi connectivity index (χ0v) is 11.0. The van der Waals surface area contributed by atoms with E-state index < -0.39 is 12.1 Å². The molecule has 2 fully saturated rings. The fourth-order valence-electron chi connectivity index (χ4n) is 2.63. The number of nitrogens with zero attached hydrogens (tertiary/aromatic N) is 1. The molecule has 2 heterocycles. The lowest BCUT2D eigenvalue weighted by Gasteiger charge is -2.29. The van der Waals surface area contributed by atoms with Crippen LogP contribution in [0.4, 0.5) is 4.79 Å². The van der Waals surface area contributed by atoms with E-state index in [9.17, 15) is 9.59 Å². The van der Waals surface area contributed by atoms with Crippen molar-refractivity contribution in [2.75, 3.05) is 6.54 Å². The predicted molar refractivity (Wildman–Crippen MR) is 72.7 cm³/mol. The summed E-state index contributed by atoms with van der Waals surface area (Å²) in [7, 11) is 0. The van der Waals surface area contributed by atoms with E-state index in [4.69, 9.17) is 4.74 Å². The molecule has 2 aliphatic heterocycles. The largest absolute Gasteiger partial charge is 0.439 e. The van der Waals surface area contributed by atoms with Crippen molar-refractivity contribution in [1.82, 2.24) is 10.2 Å². The summed E-state index contributed by atoms with van der Waals surface area (Å²) < 4.78 is 5.37. The number of carbonyl (C=O) groups is 2. The molecule has 1 N–H and O–H groups in total. The summed E-state index contributed by atoms with van der Waals surface area (Å²) in [5, 5.41) is 2.70. The summed E-state index contributed by atoms with van der Waals surface area (Å²) in [6.45, 7) is 4.15. The number of benzene rings is 1. The van der Waals surface area contributed by atoms with Crippen LogP contribution >= 0.6 is 0 Å². The Labute approximate surface area is 117 Å². The highest BCUT2D eigenvalue weighted by molar-refractivity contribution is 5.88. The van der Waals surface area contributed by atoms with E-state index in [-0.39, 0.29) is 12.0 Å². The zero-order valence-electron chi connectivity index (χ0n) is 11.0. The standard InChI is InChI=1S/C15H16N2O3/c1-10-7-8-12(14(18)16-10)17-9-13(20-15(17)19)11-5-3-2-4-6-11/h2-6,12-13H,1,7-9H2,(H,16,18). The smallest absolute Gasteiger partial charge is 0.411 e. The third-order valence-electron chi connectivity index (χ3n) is 3.71. The lowest BCUT2D eigenvalue weighted by molar-refractivity contribution is -0.125. The van der Waals surface area contributed by atoms with Crippen LogP contribution in [0.3, 0.4) is 0 Å². The van der Waals surface area contributed by atoms with E-state index in [1.165, 1.54) is 4.90 Å². The lowest BCUT2D eigenvalue weighted by atomic mass is 10.0. The molecule has 5 nitrogen and oxygen atoms in total. The fraction of sp³-hybridized carbons (Fsp3) is 0.333. The van der Waals surface area contributed by atoms with Crippen LogP contribution in [0.15, 0.2) is 42.6 Å². The van der Waals surface area contributed by atoms with Gasteiger partial charge in [-0.25, -0.2) is 4.79 Å². The van der Waals surface area contributed by atoms with E-state index in [2.05, 4.69) is 11.9 Å². The molecule has 20 heavy (non-hydrogen) atoms. The number of carbonyl (C=O) groups excluding carboxylic acids is 2. The number of ether oxygens (including phenoxy) is 1. The molecule has 2 aliphatic rings. The number of piperidine rings is 1. The fourth-order valence-corrected chi connectivity index (χ4v) is 2.63. The molecule has 0 bridgehead atoms. The number of hydrogen-bond acceptors (Lipinski definition) is 3. The Balaban J connectivity index is 1.74. The number of allylic oxidation sites excluding steroid dienone is 1. The van der Waals surface area contributed by atoms with Gasteiger partial charge in [-0.3, -0.25) is 9.69 Å². The number of rotatable bonds is 2. The Kier molecular flexibility index (Phi) is 3.18. The predicted octanol–water partition coefficient (Wildman–Crippen LogP) is 1.97. The van der Waals surface area contributed by atoms with Crippen molar-refractivity contribution >= 4 is 12.0 Å². The van der Waals surface area contributed by atoms with Gasteiger partial charge in [-0.2, -0.15) is 0 Å². The molecule has 104 valence electrons. The second-order valence-electron chi connectivity index (χ2n) is 5.08. The van der Waals surface area contributed by atoms with Crippen molar-refractivity contribution in [3.8, 4) is 0 Å². The van der Waals surface area contributed by atoms with E-state index in [0.717, 1.165) is 5.56 Å². The molecule has 1 aromatic carbocycles. The summed E-state index contributed by atoms with van der Waals surface area (Å²) in [4.78, 5) is 25.5. The van der Waals surface area contributed by atoms with E-state index in [1.807, 2.05) is 30.3 Å². The molecule has 0 aliphatic carbocycles. The first-order valence-corrected chi connectivity index (χ1v) is 6.66. The van der Waals surface area contributed by atoms with Crippen LogP contribution in [0.2, 0.25) is 0 Å². The minimum absolute atomic E-state index is 0.174. The SMILES string of the molecule is C=C1CCC(N2CC(c3ccccc3)OC2=O)C(=O)N1. The third-order valence-corrected chi connectivity index (χ3v) is 3.71. The van der Waals surface area contributed by atoms with Gasteiger partial charge < -0.3 is 10.1 Å². The van der Waals surface area contributed by atoms with Crippen molar-refractivity contribution in [3.05, 3.63) is 48.2 Å². The van der Waals surface area contributed by atoms with Crippen LogP contribution in [0, 0.1) is 0 Å². The van der Waals surface area contributed by atoms with Gasteiger partial charge in [0.2, 0.25) is 5.91 Å². The highest BCUT2D eigenvalue weighted by Crippen LogP contribution is 2.29. The maximum atomic E-state index is 12.0. The number of hydrogen-bond donors (Lipinski definition) is 1. The highest BCUT2D eigenvalue weighted by atomic mass is 16.6. The maximum absolute atomic E-state index is 12.0. The first-order chi connectivity index (χ1) is 9.65. The Morgan fingerprint density at radius 3 is 2.70 bits per heavy atom. The second-order valence-corrected chi connectivity index (χ2v) is 5.08. The van der Waals surface area contributed by atoms with Crippen LogP contribution in [0.25, 0.3) is 0 Å². The topological polar surface area (TPSA) is 58.6 Å². The van der Waals surface area contributed by atoms with Crippen LogP contribution < -0.4 is 5.32 Å². The molecule has 2 saturated heterocycles. The minimum atomic E-state index is -0.457. The molecular weight excluding hydrogens is 256 g/mol. The van der Waals surface area contributed by atoms with Gasteiger partial charge in [-0.1, -0.05) is 36.9 Å². The normalized spacial score (nSPS) is 26.4. The van der Waals surface area contributed by atoms with Crippen molar-refractivity contribution < 1.29 is 14.3 Å². The molecule has 0 aromatic heterocycles. The highest BCUT2D eigenvalue weighted by Gasteiger charge is 2.41. The second kappa shape index (κ2) is 5.00. The number of nitrogens with one attached hydrogen (secondary N) is 1. The Morgan fingerprint density at radius 2 is 2.00 bits per heavy atom. The van der Waals surface area contributed by atoms with E-state index in [1.54, 1.807) is 0 Å². The molecular formula is C15H16N2O3. The summed E-state index contributed by atoms with van der Waals surface area (Å²) in [5.41, 5.74) is 1.66. The van der Waals surface area contributed by atoms with Gasteiger partial charge in [-0.15, -0.1) is 0 Å². The van der Waals surface area contributed by atoms with Crippen molar-refractivity contribution in [2.45, 2.75) is 25.0 Å². The van der Waals surface area contributed by atoms with Gasteiger partial charge in [0.05, 0.1) is 6.54 Å². The molecule has 0 radical (unpaired) electrons. The molecule has 1 aromatic rings. The molecule has 2 unspecified atom stereocenters. The monoisotopic (exact) mass is 272 g/mol. The average Bonchev–Trinajstić information content (AvgIpc) is 2.82. The van der Waals surface area contributed by atoms with E-state index in [0.29, 0.717) is 25.1 Å². The van der Waals surface area contributed by atoms with Gasteiger partial charge >= 0.3 is 6.09 Å². The molecule has 0 saturated carbocycles. The zero-order chi connectivity index (χ0) is 14.1. The summed E-state index contributed by atoms with van der Waals surface area (Å²) in [5.74, 6) is -0.174. The summed E-state index contributed by atoms with van der Waals surface area (Å²) in [6.07, 6.45) is 0.561. The van der Waals surface area contributed by atoms with E-state index >= 15 is 0 Å². The van der Waals surface area contributed by atoms with Gasteiger partial charge in [0, 0.05) is 5.70 Å². The number of cyclic esters (lactones) is 1. The third kappa shape index (κ3) is 2.27. The Morgan fingerprint density at radius 1 is 1.25 bits per heavy atom. The van der Waals surface area contributed by atoms with Gasteiger partial charge in [-0.05, 0) is 18.4 Å². The van der Waals surface area contributed by atoms with Gasteiger partial charge in [0.15, 0.2) is 0 Å². The summed E-state index contributed by atoms with van der Waals surface area (Å²) in [6, 6.07) is 9.11. The van der Waals surface area contributed by atoms with Gasteiger partial charge in [0.25, 0.3) is 0 Å². The molecule has 3 rings (SSSR count). The molecule has 2 atom stereocenters. The van der Waals surface area contributed by atoms with Crippen LogP contribution in [0.1, 0.15) is 24.5 Å². The van der Waals surface area contributed by atoms with Crippen LogP contribution in [-0.2, 0) is 9.53 Å². The quantitative estimate of drug-likeness (QED) is 0.895. The molecule has 5 heteroatoms.